The lowest BCUT2D eigenvalue weighted by Crippen LogP contribution is -2.42. The third-order valence-corrected chi connectivity index (χ3v) is 7.78. The Bertz CT molecular complexity index is 1260. The van der Waals surface area contributed by atoms with Crippen molar-refractivity contribution < 1.29 is 27.7 Å². The molecule has 0 bridgehead atoms. The number of carbonyl (C=O) groups excluding carboxylic acids is 3. The van der Waals surface area contributed by atoms with Crippen molar-refractivity contribution in [2.24, 2.45) is 0 Å². The molecule has 3 rings (SSSR count). The highest BCUT2D eigenvalue weighted by molar-refractivity contribution is 7.89. The van der Waals surface area contributed by atoms with Gasteiger partial charge < -0.3 is 10.6 Å². The normalized spacial score (nSPS) is 18.0. The first-order valence-corrected chi connectivity index (χ1v) is 12.2. The monoisotopic (exact) mass is 503 g/mol. The molecule has 0 saturated carbocycles. The van der Waals surface area contributed by atoms with Gasteiger partial charge in [0, 0.05) is 30.9 Å². The van der Waals surface area contributed by atoms with E-state index in [4.69, 9.17) is 0 Å². The molecule has 0 radical (unpaired) electrons. The van der Waals surface area contributed by atoms with E-state index in [1.54, 1.807) is 13.8 Å². The summed E-state index contributed by atoms with van der Waals surface area (Å²) in [5.74, 6) is -1.35. The number of non-ortho nitro benzene ring substituents is 1. The smallest absolute Gasteiger partial charge is 0.325 e. The van der Waals surface area contributed by atoms with Crippen LogP contribution < -0.4 is 10.6 Å². The van der Waals surface area contributed by atoms with Gasteiger partial charge in [-0.2, -0.15) is 4.31 Å². The lowest BCUT2D eigenvalue weighted by atomic mass is 9.92. The van der Waals surface area contributed by atoms with Gasteiger partial charge in [-0.3, -0.25) is 24.6 Å². The molecule has 2 aromatic rings. The minimum absolute atomic E-state index is 0.0761. The Morgan fingerprint density at radius 1 is 1.09 bits per heavy atom. The van der Waals surface area contributed by atoms with Crippen molar-refractivity contribution in [3.63, 3.8) is 0 Å². The van der Waals surface area contributed by atoms with Crippen molar-refractivity contribution in [2.75, 3.05) is 25.0 Å². The van der Waals surface area contributed by atoms with Crippen LogP contribution in [0.3, 0.4) is 0 Å². The summed E-state index contributed by atoms with van der Waals surface area (Å²) in [6, 6.07) is 9.96. The van der Waals surface area contributed by atoms with E-state index in [9.17, 15) is 32.9 Å². The number of sulfonamides is 1. The van der Waals surface area contributed by atoms with E-state index in [0.717, 1.165) is 4.90 Å². The van der Waals surface area contributed by atoms with Gasteiger partial charge in [0.05, 0.1) is 9.82 Å². The van der Waals surface area contributed by atoms with Gasteiger partial charge in [-0.25, -0.2) is 13.2 Å². The summed E-state index contributed by atoms with van der Waals surface area (Å²) in [5, 5.41) is 15.9. The van der Waals surface area contributed by atoms with E-state index in [1.807, 2.05) is 0 Å². The molecule has 0 unspecified atom stereocenters. The first-order chi connectivity index (χ1) is 16.4. The topological polar surface area (TPSA) is 159 Å². The third kappa shape index (κ3) is 5.00. The number of hydrogen-bond donors (Lipinski definition) is 2. The fraction of sp³-hybridized carbons (Fsp3) is 0.318. The third-order valence-electron chi connectivity index (χ3n) is 5.71. The molecule has 2 N–H and O–H groups in total. The first kappa shape index (κ1) is 25.8. The van der Waals surface area contributed by atoms with Gasteiger partial charge in [0.1, 0.15) is 12.1 Å². The van der Waals surface area contributed by atoms with Gasteiger partial charge in [-0.1, -0.05) is 13.8 Å². The number of carbonyl (C=O) groups is 3. The van der Waals surface area contributed by atoms with Crippen LogP contribution in [0, 0.1) is 10.1 Å². The largest absolute Gasteiger partial charge is 0.325 e. The molecule has 1 saturated heterocycles. The lowest BCUT2D eigenvalue weighted by Gasteiger charge is -2.22. The molecule has 1 fully saturated rings. The lowest BCUT2D eigenvalue weighted by molar-refractivity contribution is -0.384. The highest BCUT2D eigenvalue weighted by atomic mass is 32.2. The second-order valence-corrected chi connectivity index (χ2v) is 9.85. The number of urea groups is 1. The van der Waals surface area contributed by atoms with E-state index in [1.165, 1.54) is 59.8 Å². The Hall–Kier alpha value is -3.84. The SMILES string of the molecule is CCN(CC)S(=O)(=O)c1ccc(NC(=O)CN2C(=O)N[C@](C)(c3ccc([N+](=O)[O-])cc3)C2=O)cc1. The molecule has 0 aliphatic carbocycles. The zero-order chi connectivity index (χ0) is 26.0. The maximum absolute atomic E-state index is 13.0. The van der Waals surface area contributed by atoms with Crippen LogP contribution >= 0.6 is 0 Å². The number of nitro benzene ring substituents is 1. The van der Waals surface area contributed by atoms with Gasteiger partial charge in [-0.15, -0.1) is 0 Å². The van der Waals surface area contributed by atoms with Gasteiger partial charge in [0.15, 0.2) is 0 Å². The molecule has 1 heterocycles. The average Bonchev–Trinajstić information content (AvgIpc) is 3.04. The number of hydrogen-bond acceptors (Lipinski definition) is 7. The summed E-state index contributed by atoms with van der Waals surface area (Å²) >= 11 is 0. The number of imide groups is 1. The maximum Gasteiger partial charge on any atom is 0.325 e. The van der Waals surface area contributed by atoms with Crippen LogP contribution in [0.15, 0.2) is 53.4 Å². The van der Waals surface area contributed by atoms with Crippen molar-refractivity contribution in [1.82, 2.24) is 14.5 Å². The summed E-state index contributed by atoms with van der Waals surface area (Å²) < 4.78 is 26.5. The van der Waals surface area contributed by atoms with Crippen molar-refractivity contribution in [1.29, 1.82) is 0 Å². The molecule has 1 aliphatic heterocycles. The number of nitrogens with zero attached hydrogens (tertiary/aromatic N) is 3. The molecule has 1 aliphatic rings. The molecule has 2 aromatic carbocycles. The van der Waals surface area contributed by atoms with Gasteiger partial charge in [-0.05, 0) is 48.9 Å². The van der Waals surface area contributed by atoms with E-state index in [-0.39, 0.29) is 10.6 Å². The molecule has 4 amide bonds. The summed E-state index contributed by atoms with van der Waals surface area (Å²) in [7, 11) is -3.65. The Kier molecular flexibility index (Phi) is 7.22. The standard InChI is InChI=1S/C22H25N5O7S/c1-4-25(5-2)35(33,34)18-12-8-16(9-13-18)23-19(28)14-26-20(29)22(3,24-21(26)30)15-6-10-17(11-7-15)27(31)32/h6-13H,4-5,14H2,1-3H3,(H,23,28)(H,24,30)/t22-/m1/s1. The average molecular weight is 504 g/mol. The van der Waals surface area contributed by atoms with Crippen LogP contribution in [0.5, 0.6) is 0 Å². The minimum Gasteiger partial charge on any atom is -0.325 e. The maximum atomic E-state index is 13.0. The van der Waals surface area contributed by atoms with E-state index in [0.29, 0.717) is 24.3 Å². The fourth-order valence-electron chi connectivity index (χ4n) is 3.72. The fourth-order valence-corrected chi connectivity index (χ4v) is 5.18. The highest BCUT2D eigenvalue weighted by Gasteiger charge is 2.49. The molecule has 13 heteroatoms. The number of anilines is 1. The summed E-state index contributed by atoms with van der Waals surface area (Å²) in [6.07, 6.45) is 0. The van der Waals surface area contributed by atoms with Crippen LogP contribution in [0.2, 0.25) is 0 Å². The minimum atomic E-state index is -3.65. The van der Waals surface area contributed by atoms with E-state index < -0.39 is 44.9 Å². The van der Waals surface area contributed by atoms with Crippen molar-refractivity contribution >= 4 is 39.2 Å². The molecular weight excluding hydrogens is 478 g/mol. The quantitative estimate of drug-likeness (QED) is 0.301. The zero-order valence-electron chi connectivity index (χ0n) is 19.3. The molecule has 0 spiro atoms. The second-order valence-electron chi connectivity index (χ2n) is 7.91. The summed E-state index contributed by atoms with van der Waals surface area (Å²) in [4.78, 5) is 49.1. The first-order valence-electron chi connectivity index (χ1n) is 10.7. The molecule has 0 aromatic heterocycles. The predicted octanol–water partition coefficient (Wildman–Crippen LogP) is 2.03. The number of rotatable bonds is 9. The van der Waals surface area contributed by atoms with Gasteiger partial charge in [0.2, 0.25) is 15.9 Å². The molecule has 12 nitrogen and oxygen atoms in total. The van der Waals surface area contributed by atoms with Crippen molar-refractivity contribution in [3.8, 4) is 0 Å². The second kappa shape index (κ2) is 9.80. The van der Waals surface area contributed by atoms with Crippen LogP contribution in [-0.4, -0.2) is 60.0 Å². The van der Waals surface area contributed by atoms with Gasteiger partial charge >= 0.3 is 6.03 Å². The number of benzene rings is 2. The van der Waals surface area contributed by atoms with Gasteiger partial charge in [0.25, 0.3) is 11.6 Å². The van der Waals surface area contributed by atoms with E-state index in [2.05, 4.69) is 10.6 Å². The van der Waals surface area contributed by atoms with Crippen LogP contribution in [-0.2, 0) is 25.2 Å². The Labute approximate surface area is 202 Å². The zero-order valence-corrected chi connectivity index (χ0v) is 20.2. The Balaban J connectivity index is 1.69. The summed E-state index contributed by atoms with van der Waals surface area (Å²) in [6.45, 7) is 4.98. The predicted molar refractivity (Wildman–Crippen MR) is 126 cm³/mol. The Morgan fingerprint density at radius 3 is 2.17 bits per heavy atom. The number of nitro groups is 1. The molecule has 186 valence electrons. The molecular formula is C22H25N5O7S. The molecule has 35 heavy (non-hydrogen) atoms. The van der Waals surface area contributed by atoms with Crippen LogP contribution in [0.25, 0.3) is 0 Å². The van der Waals surface area contributed by atoms with Crippen molar-refractivity contribution in [3.05, 3.63) is 64.2 Å². The summed E-state index contributed by atoms with van der Waals surface area (Å²) in [5.41, 5.74) is -1.04. The van der Waals surface area contributed by atoms with E-state index >= 15 is 0 Å². The van der Waals surface area contributed by atoms with Crippen molar-refractivity contribution in [2.45, 2.75) is 31.2 Å². The number of nitrogens with one attached hydrogen (secondary N) is 2. The van der Waals surface area contributed by atoms with Crippen LogP contribution in [0.4, 0.5) is 16.2 Å². The Morgan fingerprint density at radius 2 is 1.66 bits per heavy atom. The van der Waals surface area contributed by atoms with Crippen LogP contribution in [0.1, 0.15) is 26.3 Å². The molecule has 1 atom stereocenters. The number of amides is 4. The highest BCUT2D eigenvalue weighted by Crippen LogP contribution is 2.30.